The molecule has 6 heteroatoms. The summed E-state index contributed by atoms with van der Waals surface area (Å²) in [5.41, 5.74) is 5.78. The van der Waals surface area contributed by atoms with Crippen LogP contribution in [0.15, 0.2) is 12.1 Å². The van der Waals surface area contributed by atoms with Crippen LogP contribution in [0.25, 0.3) is 0 Å². The smallest absolute Gasteiger partial charge is 0.295 e. The Labute approximate surface area is 92.6 Å². The Morgan fingerprint density at radius 3 is 2.75 bits per heavy atom. The molecule has 1 rings (SSSR count). The van der Waals surface area contributed by atoms with Crippen LogP contribution in [0.2, 0.25) is 0 Å². The third kappa shape index (κ3) is 2.66. The van der Waals surface area contributed by atoms with Gasteiger partial charge in [0.2, 0.25) is 0 Å². The van der Waals surface area contributed by atoms with Gasteiger partial charge in [0.1, 0.15) is 11.5 Å². The van der Waals surface area contributed by atoms with Crippen LogP contribution in [-0.2, 0) is 0 Å². The van der Waals surface area contributed by atoms with Crippen molar-refractivity contribution in [3.63, 3.8) is 0 Å². The van der Waals surface area contributed by atoms with Crippen molar-refractivity contribution < 1.29 is 9.31 Å². The van der Waals surface area contributed by atoms with E-state index in [1.54, 1.807) is 13.8 Å². The molecular weight excluding hydrogens is 213 g/mol. The number of nitrogens with two attached hydrogens (primary N) is 1. The number of hydrogen-bond donors (Lipinski definition) is 2. The van der Waals surface area contributed by atoms with E-state index >= 15 is 0 Å². The lowest BCUT2D eigenvalue weighted by atomic mass is 10.1. The third-order valence-corrected chi connectivity index (χ3v) is 2.23. The van der Waals surface area contributed by atoms with Crippen LogP contribution in [0, 0.1) is 22.9 Å². The Morgan fingerprint density at radius 2 is 2.25 bits per heavy atom. The number of hydrogen-bond acceptors (Lipinski definition) is 4. The van der Waals surface area contributed by atoms with Gasteiger partial charge in [0, 0.05) is 12.6 Å². The standard InChI is InChI=1S/C10H14FN3O2/c1-6-3-9(13-7(2)5-12)10(14(15)16)4-8(6)11/h3-4,7,13H,5,12H2,1-2H3. The number of rotatable bonds is 4. The zero-order valence-corrected chi connectivity index (χ0v) is 9.16. The first-order chi connectivity index (χ1) is 7.45. The largest absolute Gasteiger partial charge is 0.376 e. The molecule has 0 radical (unpaired) electrons. The van der Waals surface area contributed by atoms with Crippen molar-refractivity contribution >= 4 is 11.4 Å². The molecule has 0 saturated heterocycles. The minimum Gasteiger partial charge on any atom is -0.376 e. The SMILES string of the molecule is Cc1cc(NC(C)CN)c([N+](=O)[O-])cc1F. The molecule has 3 N–H and O–H groups in total. The highest BCUT2D eigenvalue weighted by Crippen LogP contribution is 2.27. The highest BCUT2D eigenvalue weighted by molar-refractivity contribution is 5.63. The molecule has 0 heterocycles. The highest BCUT2D eigenvalue weighted by Gasteiger charge is 2.17. The lowest BCUT2D eigenvalue weighted by Gasteiger charge is -2.13. The lowest BCUT2D eigenvalue weighted by molar-refractivity contribution is -0.384. The molecule has 0 saturated carbocycles. The van der Waals surface area contributed by atoms with Crippen molar-refractivity contribution in [3.05, 3.63) is 33.6 Å². The van der Waals surface area contributed by atoms with Crippen LogP contribution in [0.5, 0.6) is 0 Å². The number of anilines is 1. The maximum Gasteiger partial charge on any atom is 0.295 e. The summed E-state index contributed by atoms with van der Waals surface area (Å²) in [6, 6.07) is 2.23. The summed E-state index contributed by atoms with van der Waals surface area (Å²) >= 11 is 0. The molecule has 1 atom stereocenters. The van der Waals surface area contributed by atoms with E-state index in [-0.39, 0.29) is 11.7 Å². The van der Waals surface area contributed by atoms with Crippen molar-refractivity contribution in [2.75, 3.05) is 11.9 Å². The van der Waals surface area contributed by atoms with E-state index in [2.05, 4.69) is 5.32 Å². The molecular formula is C10H14FN3O2. The Kier molecular flexibility index (Phi) is 3.78. The summed E-state index contributed by atoms with van der Waals surface area (Å²) in [7, 11) is 0. The number of halogens is 1. The number of nitrogens with zero attached hydrogens (tertiary/aromatic N) is 1. The van der Waals surface area contributed by atoms with Crippen molar-refractivity contribution in [3.8, 4) is 0 Å². The highest BCUT2D eigenvalue weighted by atomic mass is 19.1. The molecule has 0 spiro atoms. The quantitative estimate of drug-likeness (QED) is 0.607. The monoisotopic (exact) mass is 227 g/mol. The Morgan fingerprint density at radius 1 is 1.62 bits per heavy atom. The van der Waals surface area contributed by atoms with E-state index in [0.29, 0.717) is 17.8 Å². The van der Waals surface area contributed by atoms with E-state index in [4.69, 9.17) is 5.73 Å². The van der Waals surface area contributed by atoms with Crippen molar-refractivity contribution in [1.82, 2.24) is 0 Å². The van der Waals surface area contributed by atoms with Gasteiger partial charge >= 0.3 is 0 Å². The molecule has 0 aliphatic heterocycles. The number of nitrogens with one attached hydrogen (secondary N) is 1. The maximum atomic E-state index is 13.2. The predicted molar refractivity (Wildman–Crippen MR) is 59.9 cm³/mol. The van der Waals surface area contributed by atoms with Crippen LogP contribution in [-0.4, -0.2) is 17.5 Å². The Balaban J connectivity index is 3.14. The van der Waals surface area contributed by atoms with Crippen LogP contribution in [0.4, 0.5) is 15.8 Å². The van der Waals surface area contributed by atoms with Gasteiger partial charge < -0.3 is 11.1 Å². The molecule has 5 nitrogen and oxygen atoms in total. The maximum absolute atomic E-state index is 13.2. The van der Waals surface area contributed by atoms with E-state index in [9.17, 15) is 14.5 Å². The van der Waals surface area contributed by atoms with Gasteiger partial charge in [-0.05, 0) is 25.5 Å². The molecule has 0 aliphatic carbocycles. The summed E-state index contributed by atoms with van der Waals surface area (Å²) in [5.74, 6) is -0.586. The van der Waals surface area contributed by atoms with E-state index in [0.717, 1.165) is 6.07 Å². The summed E-state index contributed by atoms with van der Waals surface area (Å²) in [6.45, 7) is 3.69. The molecule has 88 valence electrons. The van der Waals surface area contributed by atoms with Crippen molar-refractivity contribution in [2.45, 2.75) is 19.9 Å². The van der Waals surface area contributed by atoms with Gasteiger partial charge in [0.25, 0.3) is 5.69 Å². The first-order valence-electron chi connectivity index (χ1n) is 4.86. The van der Waals surface area contributed by atoms with Crippen LogP contribution < -0.4 is 11.1 Å². The second kappa shape index (κ2) is 4.89. The summed E-state index contributed by atoms with van der Waals surface area (Å²) < 4.78 is 13.2. The van der Waals surface area contributed by atoms with Crippen molar-refractivity contribution in [2.24, 2.45) is 5.73 Å². The average molecular weight is 227 g/mol. The molecule has 1 unspecified atom stereocenters. The first kappa shape index (κ1) is 12.4. The fourth-order valence-corrected chi connectivity index (χ4v) is 1.26. The Bertz CT molecular complexity index is 409. The first-order valence-corrected chi connectivity index (χ1v) is 4.86. The fraction of sp³-hybridized carbons (Fsp3) is 0.400. The minimum atomic E-state index is -0.617. The topological polar surface area (TPSA) is 81.2 Å². The molecule has 16 heavy (non-hydrogen) atoms. The zero-order valence-electron chi connectivity index (χ0n) is 9.16. The number of nitro groups is 1. The van der Waals surface area contributed by atoms with Gasteiger partial charge in [0.15, 0.2) is 0 Å². The lowest BCUT2D eigenvalue weighted by Crippen LogP contribution is -2.25. The van der Waals surface area contributed by atoms with Crippen LogP contribution >= 0.6 is 0 Å². The predicted octanol–water partition coefficient (Wildman–Crippen LogP) is 1.80. The second-order valence-corrected chi connectivity index (χ2v) is 3.66. The van der Waals surface area contributed by atoms with E-state index in [1.165, 1.54) is 6.07 Å². The number of nitro benzene ring substituents is 1. The average Bonchev–Trinajstić information content (AvgIpc) is 2.22. The molecule has 0 fully saturated rings. The van der Waals surface area contributed by atoms with Crippen LogP contribution in [0.1, 0.15) is 12.5 Å². The number of aryl methyl sites for hydroxylation is 1. The Hall–Kier alpha value is -1.69. The van der Waals surface area contributed by atoms with Crippen molar-refractivity contribution in [1.29, 1.82) is 0 Å². The minimum absolute atomic E-state index is 0.108. The molecule has 0 amide bonds. The molecule has 0 aliphatic rings. The summed E-state index contributed by atoms with van der Waals surface area (Å²) in [5, 5.41) is 13.6. The van der Waals surface area contributed by atoms with Gasteiger partial charge in [0.05, 0.1) is 11.0 Å². The van der Waals surface area contributed by atoms with Gasteiger partial charge in [-0.3, -0.25) is 10.1 Å². The number of benzene rings is 1. The normalized spacial score (nSPS) is 12.2. The van der Waals surface area contributed by atoms with Crippen LogP contribution in [0.3, 0.4) is 0 Å². The third-order valence-electron chi connectivity index (χ3n) is 2.23. The van der Waals surface area contributed by atoms with Gasteiger partial charge in [-0.25, -0.2) is 4.39 Å². The van der Waals surface area contributed by atoms with E-state index < -0.39 is 10.7 Å². The molecule has 1 aromatic rings. The fourth-order valence-electron chi connectivity index (χ4n) is 1.26. The van der Waals surface area contributed by atoms with Gasteiger partial charge in [-0.2, -0.15) is 0 Å². The summed E-state index contributed by atoms with van der Waals surface area (Å²) in [6.07, 6.45) is 0. The second-order valence-electron chi connectivity index (χ2n) is 3.66. The molecule has 0 bridgehead atoms. The summed E-state index contributed by atoms with van der Waals surface area (Å²) in [4.78, 5) is 10.1. The molecule has 0 aromatic heterocycles. The van der Waals surface area contributed by atoms with Gasteiger partial charge in [-0.1, -0.05) is 0 Å². The molecule has 1 aromatic carbocycles. The van der Waals surface area contributed by atoms with E-state index in [1.807, 2.05) is 0 Å². The van der Waals surface area contributed by atoms with Gasteiger partial charge in [-0.15, -0.1) is 0 Å². The zero-order chi connectivity index (χ0) is 12.3.